The zero-order chi connectivity index (χ0) is 13.5. The van der Waals surface area contributed by atoms with E-state index < -0.39 is 10.2 Å². The molecule has 1 aromatic heterocycles. The van der Waals surface area contributed by atoms with Gasteiger partial charge in [-0.25, -0.2) is 4.98 Å². The van der Waals surface area contributed by atoms with Crippen LogP contribution in [-0.2, 0) is 10.2 Å². The minimum Gasteiger partial charge on any atom is -0.346 e. The van der Waals surface area contributed by atoms with Crippen LogP contribution < -0.4 is 0 Å². The predicted octanol–water partition coefficient (Wildman–Crippen LogP) is 0.848. The molecule has 0 amide bonds. The Hall–Kier alpha value is -0.920. The molecule has 1 N–H and O–H groups in total. The molecule has 1 aromatic rings. The molecule has 2 aliphatic rings. The van der Waals surface area contributed by atoms with Gasteiger partial charge < -0.3 is 4.98 Å². The van der Waals surface area contributed by atoms with Gasteiger partial charge in [-0.15, -0.1) is 0 Å². The molecular formula is C12H20N4O2S. The average Bonchev–Trinajstić information content (AvgIpc) is 3.10. The maximum atomic E-state index is 12.4. The van der Waals surface area contributed by atoms with E-state index in [2.05, 4.69) is 9.97 Å². The number of aryl methyl sites for hydroxylation is 1. The molecule has 2 fully saturated rings. The van der Waals surface area contributed by atoms with Crippen molar-refractivity contribution in [1.82, 2.24) is 18.6 Å². The quantitative estimate of drug-likeness (QED) is 0.894. The molecule has 19 heavy (non-hydrogen) atoms. The Morgan fingerprint density at radius 2 is 2.00 bits per heavy atom. The Labute approximate surface area is 114 Å². The molecule has 0 aliphatic carbocycles. The Morgan fingerprint density at radius 3 is 2.63 bits per heavy atom. The van der Waals surface area contributed by atoms with Crippen LogP contribution in [-0.4, -0.2) is 53.2 Å². The summed E-state index contributed by atoms with van der Waals surface area (Å²) in [6.07, 6.45) is 4.61. The highest BCUT2D eigenvalue weighted by molar-refractivity contribution is 7.86. The van der Waals surface area contributed by atoms with Crippen LogP contribution in [0.15, 0.2) is 6.20 Å². The van der Waals surface area contributed by atoms with Crippen LogP contribution in [0.4, 0.5) is 0 Å². The van der Waals surface area contributed by atoms with Crippen LogP contribution in [0.25, 0.3) is 0 Å². The van der Waals surface area contributed by atoms with E-state index in [0.717, 1.165) is 30.8 Å². The van der Waals surface area contributed by atoms with Crippen molar-refractivity contribution in [2.75, 3.05) is 26.2 Å². The number of aromatic amines is 1. The number of nitrogens with one attached hydrogen (secondary N) is 1. The van der Waals surface area contributed by atoms with Crippen LogP contribution in [0.2, 0.25) is 0 Å². The fraction of sp³-hybridized carbons (Fsp3) is 0.750. The Balaban J connectivity index is 1.71. The summed E-state index contributed by atoms with van der Waals surface area (Å²) in [4.78, 5) is 7.53. The smallest absolute Gasteiger partial charge is 0.281 e. The van der Waals surface area contributed by atoms with Gasteiger partial charge in [-0.1, -0.05) is 0 Å². The lowest BCUT2D eigenvalue weighted by molar-refractivity contribution is 0.395. The monoisotopic (exact) mass is 284 g/mol. The first-order chi connectivity index (χ1) is 9.07. The molecular weight excluding hydrogens is 264 g/mol. The van der Waals surface area contributed by atoms with E-state index in [4.69, 9.17) is 0 Å². The zero-order valence-electron chi connectivity index (χ0n) is 11.2. The predicted molar refractivity (Wildman–Crippen MR) is 72.0 cm³/mol. The molecule has 6 nitrogen and oxygen atoms in total. The van der Waals surface area contributed by atoms with Crippen molar-refractivity contribution in [3.63, 3.8) is 0 Å². The normalized spacial score (nSPS) is 26.3. The molecule has 0 spiro atoms. The third-order valence-electron chi connectivity index (χ3n) is 3.98. The highest BCUT2D eigenvalue weighted by atomic mass is 32.2. The number of hydrogen-bond donors (Lipinski definition) is 1. The summed E-state index contributed by atoms with van der Waals surface area (Å²) in [6.45, 7) is 4.45. The summed E-state index contributed by atoms with van der Waals surface area (Å²) >= 11 is 0. The van der Waals surface area contributed by atoms with E-state index in [1.54, 1.807) is 14.8 Å². The molecule has 0 aromatic carbocycles. The molecule has 0 bridgehead atoms. The van der Waals surface area contributed by atoms with Crippen molar-refractivity contribution in [2.45, 2.75) is 32.1 Å². The molecule has 2 saturated heterocycles. The largest absolute Gasteiger partial charge is 0.346 e. The number of aromatic nitrogens is 2. The van der Waals surface area contributed by atoms with Gasteiger partial charge in [-0.2, -0.15) is 17.0 Å². The molecule has 0 unspecified atom stereocenters. The number of rotatable bonds is 3. The van der Waals surface area contributed by atoms with Gasteiger partial charge >= 0.3 is 0 Å². The van der Waals surface area contributed by atoms with Crippen molar-refractivity contribution in [3.05, 3.63) is 17.7 Å². The highest BCUT2D eigenvalue weighted by Gasteiger charge is 2.37. The topological polar surface area (TPSA) is 69.3 Å². The lowest BCUT2D eigenvalue weighted by atomic mass is 10.1. The van der Waals surface area contributed by atoms with E-state index in [-0.39, 0.29) is 5.92 Å². The van der Waals surface area contributed by atoms with Crippen molar-refractivity contribution in [1.29, 1.82) is 0 Å². The summed E-state index contributed by atoms with van der Waals surface area (Å²) in [5.74, 6) is 1.11. The van der Waals surface area contributed by atoms with Gasteiger partial charge in [0.1, 0.15) is 5.82 Å². The van der Waals surface area contributed by atoms with E-state index >= 15 is 0 Å². The molecule has 106 valence electrons. The molecule has 3 rings (SSSR count). The van der Waals surface area contributed by atoms with Crippen LogP contribution in [0.5, 0.6) is 0 Å². The Kier molecular flexibility index (Phi) is 3.36. The summed E-state index contributed by atoms with van der Waals surface area (Å²) in [5.41, 5.74) is 1.02. The second-order valence-electron chi connectivity index (χ2n) is 5.41. The lowest BCUT2D eigenvalue weighted by Crippen LogP contribution is -2.41. The first-order valence-corrected chi connectivity index (χ1v) is 8.24. The van der Waals surface area contributed by atoms with E-state index in [1.165, 1.54) is 0 Å². The second-order valence-corrected chi connectivity index (χ2v) is 7.34. The zero-order valence-corrected chi connectivity index (χ0v) is 12.0. The van der Waals surface area contributed by atoms with Gasteiger partial charge in [-0.05, 0) is 26.2 Å². The first kappa shape index (κ1) is 13.1. The summed E-state index contributed by atoms with van der Waals surface area (Å²) in [5, 5.41) is 0. The second kappa shape index (κ2) is 4.88. The Morgan fingerprint density at radius 1 is 1.26 bits per heavy atom. The van der Waals surface area contributed by atoms with E-state index in [0.29, 0.717) is 26.2 Å². The van der Waals surface area contributed by atoms with E-state index in [9.17, 15) is 8.42 Å². The summed E-state index contributed by atoms with van der Waals surface area (Å²) in [6, 6.07) is 0. The van der Waals surface area contributed by atoms with Crippen molar-refractivity contribution < 1.29 is 8.42 Å². The maximum Gasteiger partial charge on any atom is 0.281 e. The highest BCUT2D eigenvalue weighted by Crippen LogP contribution is 2.29. The van der Waals surface area contributed by atoms with Crippen molar-refractivity contribution in [2.24, 2.45) is 0 Å². The fourth-order valence-electron chi connectivity index (χ4n) is 2.88. The van der Waals surface area contributed by atoms with Gasteiger partial charge in [0, 0.05) is 44.0 Å². The summed E-state index contributed by atoms with van der Waals surface area (Å²) in [7, 11) is -3.25. The molecule has 3 heterocycles. The molecule has 1 atom stereocenters. The van der Waals surface area contributed by atoms with Gasteiger partial charge in [0.25, 0.3) is 10.2 Å². The third-order valence-corrected chi connectivity index (χ3v) is 5.98. The maximum absolute atomic E-state index is 12.4. The standard InChI is InChI=1S/C12H20N4O2S/c1-10-8-13-12(14-10)11-4-7-16(9-11)19(17,18)15-5-2-3-6-15/h8,11H,2-7,9H2,1H3,(H,13,14)/t11-/m0/s1. The van der Waals surface area contributed by atoms with Gasteiger partial charge in [0.2, 0.25) is 0 Å². The van der Waals surface area contributed by atoms with Gasteiger partial charge in [0.15, 0.2) is 0 Å². The number of H-pyrrole nitrogens is 1. The number of hydrogen-bond acceptors (Lipinski definition) is 3. The summed E-state index contributed by atoms with van der Waals surface area (Å²) < 4.78 is 28.1. The van der Waals surface area contributed by atoms with Crippen LogP contribution in [0, 0.1) is 6.92 Å². The minimum absolute atomic E-state index is 0.200. The number of nitrogens with zero attached hydrogens (tertiary/aromatic N) is 3. The van der Waals surface area contributed by atoms with Gasteiger partial charge in [-0.3, -0.25) is 0 Å². The average molecular weight is 284 g/mol. The van der Waals surface area contributed by atoms with E-state index in [1.807, 2.05) is 6.92 Å². The van der Waals surface area contributed by atoms with Crippen molar-refractivity contribution >= 4 is 10.2 Å². The molecule has 0 radical (unpaired) electrons. The number of imidazole rings is 1. The third kappa shape index (κ3) is 2.42. The minimum atomic E-state index is -3.25. The van der Waals surface area contributed by atoms with Gasteiger partial charge in [0.05, 0.1) is 0 Å². The molecule has 2 aliphatic heterocycles. The van der Waals surface area contributed by atoms with Crippen LogP contribution >= 0.6 is 0 Å². The van der Waals surface area contributed by atoms with Crippen LogP contribution in [0.1, 0.15) is 36.7 Å². The molecule has 0 saturated carbocycles. The molecule has 7 heteroatoms. The van der Waals surface area contributed by atoms with Crippen LogP contribution in [0.3, 0.4) is 0 Å². The van der Waals surface area contributed by atoms with Crippen molar-refractivity contribution in [3.8, 4) is 0 Å². The lowest BCUT2D eigenvalue weighted by Gasteiger charge is -2.23. The first-order valence-electron chi connectivity index (χ1n) is 6.84. The fourth-order valence-corrected chi connectivity index (χ4v) is 4.63. The Bertz CT molecular complexity index is 548. The SMILES string of the molecule is Cc1cnc([C@H]2CCN(S(=O)(=O)N3CCCC3)C2)[nH]1.